The lowest BCUT2D eigenvalue weighted by atomic mass is 10.2. The average Bonchev–Trinajstić information content (AvgIpc) is 2.53. The van der Waals surface area contributed by atoms with Crippen LogP contribution in [0, 0.1) is 0 Å². The Balaban J connectivity index is 1.58. The molecule has 0 radical (unpaired) electrons. The first kappa shape index (κ1) is 14.3. The first-order valence-corrected chi connectivity index (χ1v) is 7.74. The van der Waals surface area contributed by atoms with Gasteiger partial charge in [0.2, 0.25) is 0 Å². The summed E-state index contributed by atoms with van der Waals surface area (Å²) in [5.74, 6) is 0.967. The molecule has 21 heavy (non-hydrogen) atoms. The molecule has 0 aliphatic carbocycles. The molecule has 1 atom stereocenters. The van der Waals surface area contributed by atoms with Crippen LogP contribution in [0.1, 0.15) is 6.92 Å². The molecule has 1 aliphatic rings. The zero-order valence-corrected chi connectivity index (χ0v) is 12.9. The number of fused-ring (bicyclic) bond motifs is 1. The summed E-state index contributed by atoms with van der Waals surface area (Å²) in [7, 11) is 2.19. The van der Waals surface area contributed by atoms with E-state index in [1.165, 1.54) is 18.5 Å². The van der Waals surface area contributed by atoms with Crippen LogP contribution in [0.3, 0.4) is 0 Å². The van der Waals surface area contributed by atoms with Crippen molar-refractivity contribution in [3.63, 3.8) is 0 Å². The molecule has 1 fully saturated rings. The number of pyridine rings is 1. The average molecular weight is 284 g/mol. The fraction of sp³-hybridized carbons (Fsp3) is 0.471. The van der Waals surface area contributed by atoms with Crippen molar-refractivity contribution in [2.45, 2.75) is 13.0 Å². The van der Waals surface area contributed by atoms with Gasteiger partial charge in [-0.1, -0.05) is 18.2 Å². The third-order valence-corrected chi connectivity index (χ3v) is 4.34. The van der Waals surface area contributed by atoms with Crippen molar-refractivity contribution in [3.8, 4) is 0 Å². The van der Waals surface area contributed by atoms with Gasteiger partial charge in [0.25, 0.3) is 0 Å². The topological polar surface area (TPSA) is 31.4 Å². The standard InChI is InChI=1S/C17H24N4/c1-14(21-11-9-20(2)10-12-21)13-18-17-8-7-15-5-3-4-6-16(15)19-17/h3-8,14H,9-13H2,1-2H3,(H,18,19). The fourth-order valence-electron chi connectivity index (χ4n) is 2.81. The lowest BCUT2D eigenvalue weighted by molar-refractivity contribution is 0.123. The number of aromatic nitrogens is 1. The number of nitrogens with zero attached hydrogens (tertiary/aromatic N) is 3. The number of piperazine rings is 1. The van der Waals surface area contributed by atoms with Crippen molar-refractivity contribution in [2.24, 2.45) is 0 Å². The monoisotopic (exact) mass is 284 g/mol. The highest BCUT2D eigenvalue weighted by Crippen LogP contribution is 2.15. The van der Waals surface area contributed by atoms with Crippen molar-refractivity contribution in [2.75, 3.05) is 45.1 Å². The summed E-state index contributed by atoms with van der Waals surface area (Å²) >= 11 is 0. The van der Waals surface area contributed by atoms with Gasteiger partial charge in [-0.05, 0) is 32.2 Å². The number of likely N-dealkylation sites (N-methyl/N-ethyl adjacent to an activating group) is 1. The molecule has 1 aromatic carbocycles. The molecule has 4 nitrogen and oxygen atoms in total. The maximum atomic E-state index is 4.67. The van der Waals surface area contributed by atoms with Gasteiger partial charge in [0.15, 0.2) is 0 Å². The van der Waals surface area contributed by atoms with Crippen LogP contribution in [-0.2, 0) is 0 Å². The lowest BCUT2D eigenvalue weighted by Gasteiger charge is -2.36. The van der Waals surface area contributed by atoms with Gasteiger partial charge in [-0.25, -0.2) is 4.98 Å². The Morgan fingerprint density at radius 3 is 2.67 bits per heavy atom. The first-order valence-electron chi connectivity index (χ1n) is 7.74. The Bertz CT molecular complexity index is 590. The van der Waals surface area contributed by atoms with E-state index in [0.29, 0.717) is 6.04 Å². The van der Waals surface area contributed by atoms with Crippen molar-refractivity contribution < 1.29 is 0 Å². The van der Waals surface area contributed by atoms with Crippen LogP contribution in [0.2, 0.25) is 0 Å². The maximum Gasteiger partial charge on any atom is 0.126 e. The molecule has 3 rings (SSSR count). The maximum absolute atomic E-state index is 4.67. The molecular weight excluding hydrogens is 260 g/mol. The first-order chi connectivity index (χ1) is 10.2. The number of hydrogen-bond donors (Lipinski definition) is 1. The highest BCUT2D eigenvalue weighted by molar-refractivity contribution is 5.80. The second-order valence-corrected chi connectivity index (χ2v) is 5.96. The number of nitrogens with one attached hydrogen (secondary N) is 1. The van der Waals surface area contributed by atoms with E-state index < -0.39 is 0 Å². The van der Waals surface area contributed by atoms with Gasteiger partial charge in [0.1, 0.15) is 5.82 Å². The minimum absolute atomic E-state index is 0.534. The predicted octanol–water partition coefficient (Wildman–Crippen LogP) is 2.28. The molecule has 2 heterocycles. The summed E-state index contributed by atoms with van der Waals surface area (Å²) in [6.45, 7) is 7.88. The molecule has 4 heteroatoms. The molecule has 1 unspecified atom stereocenters. The molecule has 1 N–H and O–H groups in total. The summed E-state index contributed by atoms with van der Waals surface area (Å²) in [6, 6.07) is 13.0. The van der Waals surface area contributed by atoms with Crippen molar-refractivity contribution in [1.82, 2.24) is 14.8 Å². The van der Waals surface area contributed by atoms with E-state index >= 15 is 0 Å². The van der Waals surface area contributed by atoms with E-state index in [2.05, 4.69) is 58.3 Å². The number of para-hydroxylation sites is 1. The van der Waals surface area contributed by atoms with E-state index in [4.69, 9.17) is 0 Å². The fourth-order valence-corrected chi connectivity index (χ4v) is 2.81. The summed E-state index contributed by atoms with van der Waals surface area (Å²) in [5.41, 5.74) is 1.05. The highest BCUT2D eigenvalue weighted by Gasteiger charge is 2.18. The molecule has 1 aliphatic heterocycles. The molecule has 1 aromatic heterocycles. The zero-order valence-electron chi connectivity index (χ0n) is 12.9. The second kappa shape index (κ2) is 6.41. The van der Waals surface area contributed by atoms with E-state index in [1.54, 1.807) is 0 Å². The Kier molecular flexibility index (Phi) is 4.36. The zero-order chi connectivity index (χ0) is 14.7. The Morgan fingerprint density at radius 1 is 1.10 bits per heavy atom. The van der Waals surface area contributed by atoms with Gasteiger partial charge < -0.3 is 10.2 Å². The van der Waals surface area contributed by atoms with Gasteiger partial charge in [-0.15, -0.1) is 0 Å². The molecule has 0 saturated carbocycles. The van der Waals surface area contributed by atoms with Gasteiger partial charge in [-0.2, -0.15) is 0 Å². The van der Waals surface area contributed by atoms with Crippen molar-refractivity contribution >= 4 is 16.7 Å². The van der Waals surface area contributed by atoms with Crippen LogP contribution >= 0.6 is 0 Å². The van der Waals surface area contributed by atoms with Gasteiger partial charge in [0, 0.05) is 44.2 Å². The highest BCUT2D eigenvalue weighted by atomic mass is 15.3. The van der Waals surface area contributed by atoms with Crippen molar-refractivity contribution in [3.05, 3.63) is 36.4 Å². The molecule has 0 amide bonds. The molecule has 2 aromatic rings. The minimum Gasteiger partial charge on any atom is -0.368 e. The summed E-state index contributed by atoms with van der Waals surface area (Å²) < 4.78 is 0. The van der Waals surface area contributed by atoms with Gasteiger partial charge in [-0.3, -0.25) is 4.90 Å². The molecule has 1 saturated heterocycles. The van der Waals surface area contributed by atoms with Crippen LogP contribution in [0.25, 0.3) is 10.9 Å². The second-order valence-electron chi connectivity index (χ2n) is 5.96. The third kappa shape index (κ3) is 3.52. The molecule has 112 valence electrons. The Morgan fingerprint density at radius 2 is 1.86 bits per heavy atom. The molecular formula is C17H24N4. The van der Waals surface area contributed by atoms with E-state index in [0.717, 1.165) is 31.0 Å². The van der Waals surface area contributed by atoms with Crippen LogP contribution in [0.15, 0.2) is 36.4 Å². The molecule has 0 bridgehead atoms. The van der Waals surface area contributed by atoms with Gasteiger partial charge in [0.05, 0.1) is 5.52 Å². The number of hydrogen-bond acceptors (Lipinski definition) is 4. The Labute approximate surface area is 126 Å². The number of rotatable bonds is 4. The minimum atomic E-state index is 0.534. The third-order valence-electron chi connectivity index (χ3n) is 4.34. The van der Waals surface area contributed by atoms with E-state index in [9.17, 15) is 0 Å². The van der Waals surface area contributed by atoms with Crippen LogP contribution in [0.4, 0.5) is 5.82 Å². The van der Waals surface area contributed by atoms with Crippen LogP contribution in [-0.4, -0.2) is 60.6 Å². The predicted molar refractivity (Wildman–Crippen MR) is 88.8 cm³/mol. The quantitative estimate of drug-likeness (QED) is 0.933. The SMILES string of the molecule is CC(CNc1ccc2ccccc2n1)N1CCN(C)CC1. The summed E-state index contributed by atoms with van der Waals surface area (Å²) in [4.78, 5) is 9.61. The molecule has 0 spiro atoms. The summed E-state index contributed by atoms with van der Waals surface area (Å²) in [6.07, 6.45) is 0. The van der Waals surface area contributed by atoms with Crippen LogP contribution in [0.5, 0.6) is 0 Å². The number of anilines is 1. The van der Waals surface area contributed by atoms with E-state index in [-0.39, 0.29) is 0 Å². The van der Waals surface area contributed by atoms with Crippen molar-refractivity contribution in [1.29, 1.82) is 0 Å². The van der Waals surface area contributed by atoms with Gasteiger partial charge >= 0.3 is 0 Å². The largest absolute Gasteiger partial charge is 0.368 e. The Hall–Kier alpha value is -1.65. The van der Waals surface area contributed by atoms with E-state index in [1.807, 2.05) is 12.1 Å². The number of benzene rings is 1. The smallest absolute Gasteiger partial charge is 0.126 e. The van der Waals surface area contributed by atoms with Crippen LogP contribution < -0.4 is 5.32 Å². The lowest BCUT2D eigenvalue weighted by Crippen LogP contribution is -2.49. The summed E-state index contributed by atoms with van der Waals surface area (Å²) in [5, 5.41) is 4.67. The normalized spacial score (nSPS) is 18.8.